The van der Waals surface area contributed by atoms with Gasteiger partial charge in [-0.25, -0.2) is 9.18 Å². The molecule has 4 rings (SSSR count). The Balaban J connectivity index is 1.53. The second-order valence-electron chi connectivity index (χ2n) is 7.47. The van der Waals surface area contributed by atoms with Gasteiger partial charge < -0.3 is 9.47 Å². The fourth-order valence-electron chi connectivity index (χ4n) is 3.39. The number of imide groups is 1. The molecule has 6 nitrogen and oxygen atoms in total. The first-order valence-corrected chi connectivity index (χ1v) is 11.1. The third-order valence-electron chi connectivity index (χ3n) is 5.25. The molecule has 0 unspecified atom stereocenters. The minimum Gasteiger partial charge on any atom is -0.493 e. The summed E-state index contributed by atoms with van der Waals surface area (Å²) in [5.41, 5.74) is 2.27. The molecule has 1 fully saturated rings. The van der Waals surface area contributed by atoms with Crippen molar-refractivity contribution in [2.75, 3.05) is 7.11 Å². The summed E-state index contributed by atoms with van der Waals surface area (Å²) in [5.74, 6) is -1.61. The highest BCUT2D eigenvalue weighted by atomic mass is 32.2. The number of esters is 1. The third kappa shape index (κ3) is 4.87. The van der Waals surface area contributed by atoms with Gasteiger partial charge in [0.2, 0.25) is 0 Å². The highest BCUT2D eigenvalue weighted by Gasteiger charge is 2.35. The smallest absolute Gasteiger partial charge is 0.346 e. The quantitative estimate of drug-likeness (QED) is 0.262. The van der Waals surface area contributed by atoms with Gasteiger partial charge in [0.1, 0.15) is 5.82 Å². The Bertz CT molecular complexity index is 1320. The third-order valence-corrected chi connectivity index (χ3v) is 6.15. The predicted octanol–water partition coefficient (Wildman–Crippen LogP) is 5.60. The molecule has 3 aromatic rings. The molecule has 0 aromatic heterocycles. The van der Waals surface area contributed by atoms with Crippen molar-refractivity contribution in [1.29, 1.82) is 0 Å². The van der Waals surface area contributed by atoms with Crippen molar-refractivity contribution in [3.05, 3.63) is 99.7 Å². The van der Waals surface area contributed by atoms with Gasteiger partial charge in [-0.05, 0) is 65.7 Å². The normalized spacial score (nSPS) is 14.6. The Kier molecular flexibility index (Phi) is 6.79. The molecule has 172 valence electrons. The Morgan fingerprint density at radius 3 is 2.50 bits per heavy atom. The number of nitrogens with zero attached hydrogens (tertiary/aromatic N) is 1. The van der Waals surface area contributed by atoms with E-state index in [0.29, 0.717) is 5.56 Å². The summed E-state index contributed by atoms with van der Waals surface area (Å²) in [6, 6.07) is 17.7. The maximum absolute atomic E-state index is 13.9. The molecule has 0 N–H and O–H groups in total. The fraction of sp³-hybridized carbons (Fsp3) is 0.115. The van der Waals surface area contributed by atoms with Gasteiger partial charge in [0, 0.05) is 0 Å². The first kappa shape index (κ1) is 23.3. The average Bonchev–Trinajstić information content (AvgIpc) is 3.08. The van der Waals surface area contributed by atoms with E-state index in [-0.39, 0.29) is 39.7 Å². The number of thioether (sulfide) groups is 1. The molecule has 34 heavy (non-hydrogen) atoms. The van der Waals surface area contributed by atoms with Crippen LogP contribution in [0.3, 0.4) is 0 Å². The number of hydrogen-bond donors (Lipinski definition) is 0. The average molecular weight is 478 g/mol. The van der Waals surface area contributed by atoms with Crippen LogP contribution >= 0.6 is 11.8 Å². The Hall–Kier alpha value is -3.91. The van der Waals surface area contributed by atoms with Crippen LogP contribution in [0.5, 0.6) is 11.5 Å². The van der Waals surface area contributed by atoms with Gasteiger partial charge in [-0.3, -0.25) is 14.5 Å². The summed E-state index contributed by atoms with van der Waals surface area (Å²) < 4.78 is 24.5. The van der Waals surface area contributed by atoms with E-state index in [2.05, 4.69) is 0 Å². The maximum Gasteiger partial charge on any atom is 0.346 e. The van der Waals surface area contributed by atoms with E-state index in [1.54, 1.807) is 18.2 Å². The zero-order valence-corrected chi connectivity index (χ0v) is 19.2. The predicted molar refractivity (Wildman–Crippen MR) is 127 cm³/mol. The first-order chi connectivity index (χ1) is 16.4. The zero-order chi connectivity index (χ0) is 24.2. The lowest BCUT2D eigenvalue weighted by Gasteiger charge is -2.14. The topological polar surface area (TPSA) is 72.9 Å². The van der Waals surface area contributed by atoms with Crippen LogP contribution in [0.25, 0.3) is 6.08 Å². The van der Waals surface area contributed by atoms with Crippen LogP contribution in [0.4, 0.5) is 9.18 Å². The van der Waals surface area contributed by atoms with Crippen molar-refractivity contribution in [2.24, 2.45) is 0 Å². The van der Waals surface area contributed by atoms with Gasteiger partial charge in [0.25, 0.3) is 11.1 Å². The summed E-state index contributed by atoms with van der Waals surface area (Å²) in [6.07, 6.45) is 1.58. The van der Waals surface area contributed by atoms with E-state index in [9.17, 15) is 18.8 Å². The highest BCUT2D eigenvalue weighted by molar-refractivity contribution is 8.18. The molecule has 0 saturated carbocycles. The minimum absolute atomic E-state index is 0.0977. The van der Waals surface area contributed by atoms with Gasteiger partial charge in [-0.2, -0.15) is 0 Å². The van der Waals surface area contributed by atoms with Crippen LogP contribution in [-0.2, 0) is 11.3 Å². The summed E-state index contributed by atoms with van der Waals surface area (Å²) in [5, 5.41) is -0.345. The number of aryl methyl sites for hydroxylation is 1. The molecule has 1 saturated heterocycles. The lowest BCUT2D eigenvalue weighted by molar-refractivity contribution is -0.123. The molecule has 0 radical (unpaired) electrons. The molecular weight excluding hydrogens is 457 g/mol. The summed E-state index contributed by atoms with van der Waals surface area (Å²) in [4.78, 5) is 39.2. The van der Waals surface area contributed by atoms with Crippen molar-refractivity contribution in [3.63, 3.8) is 0 Å². The van der Waals surface area contributed by atoms with Crippen molar-refractivity contribution in [1.82, 2.24) is 4.90 Å². The Morgan fingerprint density at radius 2 is 1.76 bits per heavy atom. The Morgan fingerprint density at radius 1 is 1.03 bits per heavy atom. The fourth-order valence-corrected chi connectivity index (χ4v) is 4.22. The van der Waals surface area contributed by atoms with Crippen LogP contribution < -0.4 is 9.47 Å². The molecule has 1 aliphatic heterocycles. The molecule has 1 heterocycles. The van der Waals surface area contributed by atoms with E-state index >= 15 is 0 Å². The minimum atomic E-state index is -0.860. The number of benzene rings is 3. The number of amides is 2. The summed E-state index contributed by atoms with van der Waals surface area (Å²) in [7, 11) is 1.40. The molecule has 2 amide bonds. The van der Waals surface area contributed by atoms with Crippen LogP contribution in [0.2, 0.25) is 0 Å². The molecule has 0 atom stereocenters. The number of rotatable bonds is 6. The van der Waals surface area contributed by atoms with E-state index in [1.807, 2.05) is 31.2 Å². The van der Waals surface area contributed by atoms with Gasteiger partial charge in [0.05, 0.1) is 24.1 Å². The number of halogens is 1. The van der Waals surface area contributed by atoms with Crippen molar-refractivity contribution in [2.45, 2.75) is 13.5 Å². The van der Waals surface area contributed by atoms with Crippen LogP contribution in [0, 0.1) is 12.7 Å². The van der Waals surface area contributed by atoms with Crippen LogP contribution in [-0.4, -0.2) is 29.1 Å². The zero-order valence-electron chi connectivity index (χ0n) is 18.4. The molecule has 8 heteroatoms. The lowest BCUT2D eigenvalue weighted by Crippen LogP contribution is -2.27. The Labute approximate surface area is 200 Å². The van der Waals surface area contributed by atoms with E-state index < -0.39 is 11.8 Å². The van der Waals surface area contributed by atoms with Gasteiger partial charge in [-0.1, -0.05) is 42.5 Å². The molecule has 0 aliphatic carbocycles. The lowest BCUT2D eigenvalue weighted by atomic mass is 10.1. The molecule has 1 aliphatic rings. The monoisotopic (exact) mass is 477 g/mol. The second kappa shape index (κ2) is 9.93. The van der Waals surface area contributed by atoms with Gasteiger partial charge >= 0.3 is 5.97 Å². The number of hydrogen-bond acceptors (Lipinski definition) is 6. The van der Waals surface area contributed by atoms with Gasteiger partial charge in [-0.15, -0.1) is 0 Å². The summed E-state index contributed by atoms with van der Waals surface area (Å²) in [6.45, 7) is 2.13. The molecule has 3 aromatic carbocycles. The SMILES string of the molecule is COc1cc(/C=C2\SC(=O)N(Cc3ccccc3C)C2=O)ccc1OC(=O)c1ccccc1F. The maximum atomic E-state index is 13.9. The van der Waals surface area contributed by atoms with E-state index in [4.69, 9.17) is 9.47 Å². The van der Waals surface area contributed by atoms with E-state index in [0.717, 1.165) is 22.9 Å². The molecule has 0 spiro atoms. The van der Waals surface area contributed by atoms with Crippen LogP contribution in [0.1, 0.15) is 27.0 Å². The van der Waals surface area contributed by atoms with E-state index in [1.165, 1.54) is 42.3 Å². The van der Waals surface area contributed by atoms with Crippen LogP contribution in [0.15, 0.2) is 71.6 Å². The number of ether oxygens (including phenoxy) is 2. The number of carbonyl (C=O) groups excluding carboxylic acids is 3. The molecule has 0 bridgehead atoms. The standard InChI is InChI=1S/C26H20FNO5S/c1-16-7-3-4-8-18(16)15-28-24(29)23(34-26(28)31)14-17-11-12-21(22(13-17)32-2)33-25(30)19-9-5-6-10-20(19)27/h3-14H,15H2,1-2H3/b23-14-. The first-order valence-electron chi connectivity index (χ1n) is 10.3. The second-order valence-corrected chi connectivity index (χ2v) is 8.47. The van der Waals surface area contributed by atoms with Crippen molar-refractivity contribution < 1.29 is 28.2 Å². The number of methoxy groups -OCH3 is 1. The van der Waals surface area contributed by atoms with Gasteiger partial charge in [0.15, 0.2) is 11.5 Å². The largest absolute Gasteiger partial charge is 0.493 e. The molecular formula is C26H20FNO5S. The number of carbonyl (C=O) groups is 3. The van der Waals surface area contributed by atoms with Crippen molar-refractivity contribution >= 4 is 35.0 Å². The summed E-state index contributed by atoms with van der Waals surface area (Å²) >= 11 is 0.860. The highest BCUT2D eigenvalue weighted by Crippen LogP contribution is 2.35. The van der Waals surface area contributed by atoms with Crippen molar-refractivity contribution in [3.8, 4) is 11.5 Å².